The Balaban J connectivity index is 2.00. The smallest absolute Gasteiger partial charge is 0.172 e. The lowest BCUT2D eigenvalue weighted by Gasteiger charge is -2.29. The Morgan fingerprint density at radius 1 is 0.880 bits per heavy atom. The SMILES string of the molecule is Cc1ccccc1-c1cc(-c2ccccc2C)c2c(n1)N(C)CCO2. The molecular formula is C22H22N2O. The summed E-state index contributed by atoms with van der Waals surface area (Å²) in [5, 5.41) is 0. The molecule has 0 N–H and O–H groups in total. The first-order chi connectivity index (χ1) is 12.1. The molecule has 1 aliphatic heterocycles. The van der Waals surface area contributed by atoms with Crippen molar-refractivity contribution in [2.24, 2.45) is 0 Å². The van der Waals surface area contributed by atoms with Crippen LogP contribution in [-0.4, -0.2) is 25.2 Å². The van der Waals surface area contributed by atoms with Gasteiger partial charge in [-0.15, -0.1) is 0 Å². The van der Waals surface area contributed by atoms with Crippen molar-refractivity contribution in [2.45, 2.75) is 13.8 Å². The van der Waals surface area contributed by atoms with E-state index >= 15 is 0 Å². The van der Waals surface area contributed by atoms with Crippen LogP contribution in [0.3, 0.4) is 0 Å². The van der Waals surface area contributed by atoms with Gasteiger partial charge in [-0.05, 0) is 36.6 Å². The third-order valence-electron chi connectivity index (χ3n) is 4.85. The third-order valence-corrected chi connectivity index (χ3v) is 4.85. The van der Waals surface area contributed by atoms with Gasteiger partial charge in [0.2, 0.25) is 0 Å². The number of anilines is 1. The molecule has 1 aromatic heterocycles. The molecule has 0 radical (unpaired) electrons. The lowest BCUT2D eigenvalue weighted by atomic mass is 9.96. The van der Waals surface area contributed by atoms with E-state index in [0.29, 0.717) is 6.61 Å². The first-order valence-corrected chi connectivity index (χ1v) is 8.66. The Labute approximate surface area is 148 Å². The van der Waals surface area contributed by atoms with Gasteiger partial charge in [0, 0.05) is 18.2 Å². The minimum atomic E-state index is 0.688. The fourth-order valence-corrected chi connectivity index (χ4v) is 3.38. The lowest BCUT2D eigenvalue weighted by Crippen LogP contribution is -2.30. The summed E-state index contributed by atoms with van der Waals surface area (Å²) < 4.78 is 6.05. The van der Waals surface area contributed by atoms with Gasteiger partial charge in [-0.1, -0.05) is 48.5 Å². The maximum absolute atomic E-state index is 6.05. The number of benzene rings is 2. The maximum atomic E-state index is 6.05. The Morgan fingerprint density at radius 2 is 1.52 bits per heavy atom. The van der Waals surface area contributed by atoms with Crippen LogP contribution in [0.25, 0.3) is 22.4 Å². The van der Waals surface area contributed by atoms with Crippen LogP contribution >= 0.6 is 0 Å². The van der Waals surface area contributed by atoms with E-state index in [4.69, 9.17) is 9.72 Å². The van der Waals surface area contributed by atoms with Crippen LogP contribution in [0.4, 0.5) is 5.82 Å². The topological polar surface area (TPSA) is 25.4 Å². The van der Waals surface area contributed by atoms with Crippen molar-refractivity contribution < 1.29 is 4.74 Å². The second-order valence-corrected chi connectivity index (χ2v) is 6.61. The number of pyridine rings is 1. The van der Waals surface area contributed by atoms with E-state index in [0.717, 1.165) is 29.4 Å². The van der Waals surface area contributed by atoms with Gasteiger partial charge in [0.15, 0.2) is 11.6 Å². The molecule has 3 aromatic rings. The molecule has 0 aliphatic carbocycles. The van der Waals surface area contributed by atoms with Crippen LogP contribution in [0, 0.1) is 13.8 Å². The van der Waals surface area contributed by atoms with Crippen molar-refractivity contribution in [1.82, 2.24) is 4.98 Å². The van der Waals surface area contributed by atoms with E-state index in [1.165, 1.54) is 22.3 Å². The number of hydrogen-bond donors (Lipinski definition) is 0. The Morgan fingerprint density at radius 3 is 2.20 bits per heavy atom. The highest BCUT2D eigenvalue weighted by molar-refractivity contribution is 5.83. The van der Waals surface area contributed by atoms with Crippen molar-refractivity contribution in [3.05, 3.63) is 65.7 Å². The fraction of sp³-hybridized carbons (Fsp3) is 0.227. The van der Waals surface area contributed by atoms with E-state index in [1.807, 2.05) is 0 Å². The Kier molecular flexibility index (Phi) is 3.92. The van der Waals surface area contributed by atoms with Gasteiger partial charge < -0.3 is 9.64 Å². The van der Waals surface area contributed by atoms with E-state index in [9.17, 15) is 0 Å². The van der Waals surface area contributed by atoms with Gasteiger partial charge in [0.25, 0.3) is 0 Å². The molecule has 0 bridgehead atoms. The number of rotatable bonds is 2. The monoisotopic (exact) mass is 330 g/mol. The minimum Gasteiger partial charge on any atom is -0.487 e. The number of fused-ring (bicyclic) bond motifs is 1. The lowest BCUT2D eigenvalue weighted by molar-refractivity contribution is 0.310. The number of nitrogens with zero attached hydrogens (tertiary/aromatic N) is 2. The van der Waals surface area contributed by atoms with Crippen LogP contribution in [0.5, 0.6) is 5.75 Å². The summed E-state index contributed by atoms with van der Waals surface area (Å²) >= 11 is 0. The summed E-state index contributed by atoms with van der Waals surface area (Å²) in [7, 11) is 2.08. The molecule has 25 heavy (non-hydrogen) atoms. The maximum Gasteiger partial charge on any atom is 0.172 e. The summed E-state index contributed by atoms with van der Waals surface area (Å²) in [6.07, 6.45) is 0. The summed E-state index contributed by atoms with van der Waals surface area (Å²) in [6.45, 7) is 5.81. The Bertz CT molecular complexity index is 933. The quantitative estimate of drug-likeness (QED) is 0.671. The molecule has 0 saturated carbocycles. The summed E-state index contributed by atoms with van der Waals surface area (Å²) in [5.41, 5.74) is 6.94. The Hall–Kier alpha value is -2.81. The van der Waals surface area contributed by atoms with Crippen molar-refractivity contribution in [1.29, 1.82) is 0 Å². The van der Waals surface area contributed by atoms with Crippen molar-refractivity contribution in [3.8, 4) is 28.1 Å². The van der Waals surface area contributed by atoms with Gasteiger partial charge in [-0.25, -0.2) is 4.98 Å². The second-order valence-electron chi connectivity index (χ2n) is 6.61. The van der Waals surface area contributed by atoms with E-state index in [-0.39, 0.29) is 0 Å². The molecule has 126 valence electrons. The summed E-state index contributed by atoms with van der Waals surface area (Å²) in [4.78, 5) is 7.13. The number of aromatic nitrogens is 1. The number of likely N-dealkylation sites (N-methyl/N-ethyl adjacent to an activating group) is 1. The summed E-state index contributed by atoms with van der Waals surface area (Å²) in [6, 6.07) is 19.0. The molecule has 0 atom stereocenters. The van der Waals surface area contributed by atoms with Crippen LogP contribution in [-0.2, 0) is 0 Å². The predicted octanol–water partition coefficient (Wildman–Crippen LogP) is 4.86. The van der Waals surface area contributed by atoms with E-state index in [2.05, 4.69) is 80.4 Å². The zero-order valence-corrected chi connectivity index (χ0v) is 14.9. The highest BCUT2D eigenvalue weighted by Gasteiger charge is 2.23. The average molecular weight is 330 g/mol. The first kappa shape index (κ1) is 15.7. The standard InChI is InChI=1S/C22H22N2O/c1-15-8-4-6-10-17(15)19-14-20(18-11-7-5-9-16(18)2)23-22-21(19)25-13-12-24(22)3/h4-11,14H,12-13H2,1-3H3. The summed E-state index contributed by atoms with van der Waals surface area (Å²) in [5.74, 6) is 1.81. The van der Waals surface area contributed by atoms with Crippen LogP contribution in [0.15, 0.2) is 54.6 Å². The average Bonchev–Trinajstić information content (AvgIpc) is 2.62. The molecule has 0 saturated heterocycles. The van der Waals surface area contributed by atoms with Crippen molar-refractivity contribution in [3.63, 3.8) is 0 Å². The molecule has 0 spiro atoms. The van der Waals surface area contributed by atoms with Crippen LogP contribution in [0.2, 0.25) is 0 Å². The molecule has 3 heteroatoms. The molecule has 3 nitrogen and oxygen atoms in total. The van der Waals surface area contributed by atoms with Crippen molar-refractivity contribution >= 4 is 5.82 Å². The van der Waals surface area contributed by atoms with Gasteiger partial charge in [0.1, 0.15) is 6.61 Å². The van der Waals surface area contributed by atoms with E-state index < -0.39 is 0 Å². The van der Waals surface area contributed by atoms with Crippen molar-refractivity contribution in [2.75, 3.05) is 25.1 Å². The van der Waals surface area contributed by atoms with Crippen LogP contribution in [0.1, 0.15) is 11.1 Å². The molecule has 0 amide bonds. The molecule has 2 heterocycles. The highest BCUT2D eigenvalue weighted by atomic mass is 16.5. The number of aryl methyl sites for hydroxylation is 2. The highest BCUT2D eigenvalue weighted by Crippen LogP contribution is 2.42. The molecule has 0 fully saturated rings. The van der Waals surface area contributed by atoms with Gasteiger partial charge in [-0.2, -0.15) is 0 Å². The second kappa shape index (κ2) is 6.25. The zero-order chi connectivity index (χ0) is 17.4. The molecule has 0 unspecified atom stereocenters. The van der Waals surface area contributed by atoms with Gasteiger partial charge in [-0.3, -0.25) is 0 Å². The first-order valence-electron chi connectivity index (χ1n) is 8.66. The molecule has 1 aliphatic rings. The van der Waals surface area contributed by atoms with E-state index in [1.54, 1.807) is 0 Å². The molecular weight excluding hydrogens is 308 g/mol. The number of ether oxygens (including phenoxy) is 1. The fourth-order valence-electron chi connectivity index (χ4n) is 3.38. The largest absolute Gasteiger partial charge is 0.487 e. The molecule has 4 rings (SSSR count). The zero-order valence-electron chi connectivity index (χ0n) is 14.9. The van der Waals surface area contributed by atoms with Gasteiger partial charge >= 0.3 is 0 Å². The van der Waals surface area contributed by atoms with Gasteiger partial charge in [0.05, 0.1) is 12.2 Å². The van der Waals surface area contributed by atoms with Crippen LogP contribution < -0.4 is 9.64 Å². The predicted molar refractivity (Wildman–Crippen MR) is 103 cm³/mol. The normalized spacial score (nSPS) is 13.3. The number of hydrogen-bond acceptors (Lipinski definition) is 3. The molecule has 2 aromatic carbocycles. The minimum absolute atomic E-state index is 0.688. The third kappa shape index (κ3) is 2.76.